The van der Waals surface area contributed by atoms with E-state index in [1.807, 2.05) is 0 Å². The lowest BCUT2D eigenvalue weighted by Crippen LogP contribution is -2.33. The second-order valence-corrected chi connectivity index (χ2v) is 4.55. The molecule has 1 aliphatic carbocycles. The second-order valence-electron chi connectivity index (χ2n) is 4.55. The molecule has 0 amide bonds. The molecule has 17 heavy (non-hydrogen) atoms. The van der Waals surface area contributed by atoms with Crippen molar-refractivity contribution >= 4 is 12.0 Å². The SMILES string of the molecule is CCN(c1ccc(F)cc1C=O)C1CCCC1. The van der Waals surface area contributed by atoms with E-state index in [-0.39, 0.29) is 5.82 Å². The van der Waals surface area contributed by atoms with Gasteiger partial charge in [0.1, 0.15) is 5.82 Å². The van der Waals surface area contributed by atoms with Gasteiger partial charge in [0.05, 0.1) is 0 Å². The number of aldehydes is 1. The third-order valence-corrected chi connectivity index (χ3v) is 3.53. The lowest BCUT2D eigenvalue weighted by Gasteiger charge is -2.31. The van der Waals surface area contributed by atoms with Crippen molar-refractivity contribution in [1.82, 2.24) is 0 Å². The molecule has 0 radical (unpaired) electrons. The molecule has 0 unspecified atom stereocenters. The number of carbonyl (C=O) groups is 1. The van der Waals surface area contributed by atoms with E-state index >= 15 is 0 Å². The molecule has 1 fully saturated rings. The lowest BCUT2D eigenvalue weighted by molar-refractivity contribution is 0.112. The Kier molecular flexibility index (Phi) is 3.77. The van der Waals surface area contributed by atoms with E-state index in [2.05, 4.69) is 11.8 Å². The normalized spacial score (nSPS) is 16.1. The van der Waals surface area contributed by atoms with Crippen LogP contribution < -0.4 is 4.90 Å². The van der Waals surface area contributed by atoms with Crippen LogP contribution in [0.25, 0.3) is 0 Å². The smallest absolute Gasteiger partial charge is 0.152 e. The fourth-order valence-corrected chi connectivity index (χ4v) is 2.72. The van der Waals surface area contributed by atoms with E-state index in [1.165, 1.54) is 37.8 Å². The van der Waals surface area contributed by atoms with Crippen LogP contribution in [0.4, 0.5) is 10.1 Å². The Hall–Kier alpha value is -1.38. The van der Waals surface area contributed by atoms with Gasteiger partial charge in [0.2, 0.25) is 0 Å². The molecule has 0 spiro atoms. The highest BCUT2D eigenvalue weighted by Gasteiger charge is 2.23. The third kappa shape index (κ3) is 2.48. The zero-order valence-corrected chi connectivity index (χ0v) is 10.2. The fourth-order valence-electron chi connectivity index (χ4n) is 2.72. The number of carbonyl (C=O) groups excluding carboxylic acids is 1. The molecular formula is C14H18FNO. The molecule has 2 rings (SSSR count). The highest BCUT2D eigenvalue weighted by molar-refractivity contribution is 5.84. The van der Waals surface area contributed by atoms with Crippen LogP contribution in [-0.2, 0) is 0 Å². The maximum absolute atomic E-state index is 13.1. The first-order valence-corrected chi connectivity index (χ1v) is 6.27. The first-order chi connectivity index (χ1) is 8.26. The molecular weight excluding hydrogens is 217 g/mol. The summed E-state index contributed by atoms with van der Waals surface area (Å²) in [7, 11) is 0. The van der Waals surface area contributed by atoms with Gasteiger partial charge in [0.15, 0.2) is 6.29 Å². The number of halogens is 1. The average molecular weight is 235 g/mol. The fraction of sp³-hybridized carbons (Fsp3) is 0.500. The number of hydrogen-bond acceptors (Lipinski definition) is 2. The molecule has 2 nitrogen and oxygen atoms in total. The number of hydrogen-bond donors (Lipinski definition) is 0. The average Bonchev–Trinajstić information content (AvgIpc) is 2.85. The van der Waals surface area contributed by atoms with E-state index in [0.29, 0.717) is 11.6 Å². The Labute approximate surface area is 101 Å². The van der Waals surface area contributed by atoms with Gasteiger partial charge in [-0.2, -0.15) is 0 Å². The Bertz CT molecular complexity index is 399. The Morgan fingerprint density at radius 3 is 2.71 bits per heavy atom. The van der Waals surface area contributed by atoms with Gasteiger partial charge in [-0.15, -0.1) is 0 Å². The summed E-state index contributed by atoms with van der Waals surface area (Å²) < 4.78 is 13.1. The van der Waals surface area contributed by atoms with Gasteiger partial charge in [-0.05, 0) is 38.0 Å². The highest BCUT2D eigenvalue weighted by Crippen LogP contribution is 2.30. The molecule has 1 aliphatic rings. The molecule has 1 aromatic carbocycles. The highest BCUT2D eigenvalue weighted by atomic mass is 19.1. The van der Waals surface area contributed by atoms with Gasteiger partial charge < -0.3 is 4.90 Å². The van der Waals surface area contributed by atoms with E-state index < -0.39 is 0 Å². The van der Waals surface area contributed by atoms with E-state index in [9.17, 15) is 9.18 Å². The molecule has 0 atom stereocenters. The van der Waals surface area contributed by atoms with Gasteiger partial charge in [0, 0.05) is 23.8 Å². The molecule has 0 N–H and O–H groups in total. The van der Waals surface area contributed by atoms with Crippen molar-refractivity contribution in [3.8, 4) is 0 Å². The number of rotatable bonds is 4. The Balaban J connectivity index is 2.32. The predicted molar refractivity (Wildman–Crippen MR) is 67.1 cm³/mol. The third-order valence-electron chi connectivity index (χ3n) is 3.53. The van der Waals surface area contributed by atoms with Crippen molar-refractivity contribution in [2.75, 3.05) is 11.4 Å². The molecule has 0 bridgehead atoms. The van der Waals surface area contributed by atoms with Crippen LogP contribution in [0.5, 0.6) is 0 Å². The molecule has 92 valence electrons. The van der Waals surface area contributed by atoms with E-state index in [0.717, 1.165) is 18.5 Å². The lowest BCUT2D eigenvalue weighted by atomic mass is 10.1. The largest absolute Gasteiger partial charge is 0.368 e. The topological polar surface area (TPSA) is 20.3 Å². The minimum absolute atomic E-state index is 0.349. The number of benzene rings is 1. The molecule has 0 heterocycles. The van der Waals surface area contributed by atoms with Crippen molar-refractivity contribution in [2.24, 2.45) is 0 Å². The van der Waals surface area contributed by atoms with Crippen LogP contribution >= 0.6 is 0 Å². The standard InChI is InChI=1S/C14H18FNO/c1-2-16(13-5-3-4-6-13)14-8-7-12(15)9-11(14)10-17/h7-10,13H,2-6H2,1H3. The first kappa shape index (κ1) is 12.1. The van der Waals surface area contributed by atoms with Crippen LogP contribution in [0.15, 0.2) is 18.2 Å². The van der Waals surface area contributed by atoms with Gasteiger partial charge in [-0.25, -0.2) is 4.39 Å². The van der Waals surface area contributed by atoms with Crippen molar-refractivity contribution in [3.63, 3.8) is 0 Å². The Morgan fingerprint density at radius 2 is 2.12 bits per heavy atom. The molecule has 0 saturated heterocycles. The van der Waals surface area contributed by atoms with Gasteiger partial charge in [-0.3, -0.25) is 4.79 Å². The summed E-state index contributed by atoms with van der Waals surface area (Å²) in [6, 6.07) is 4.98. The van der Waals surface area contributed by atoms with Gasteiger partial charge in [0.25, 0.3) is 0 Å². The Morgan fingerprint density at radius 1 is 1.41 bits per heavy atom. The van der Waals surface area contributed by atoms with Crippen LogP contribution in [0.1, 0.15) is 43.0 Å². The van der Waals surface area contributed by atoms with Crippen LogP contribution in [-0.4, -0.2) is 18.9 Å². The van der Waals surface area contributed by atoms with Gasteiger partial charge >= 0.3 is 0 Å². The van der Waals surface area contributed by atoms with Crippen molar-refractivity contribution in [3.05, 3.63) is 29.6 Å². The molecule has 3 heteroatoms. The summed E-state index contributed by atoms with van der Waals surface area (Å²) >= 11 is 0. The summed E-state index contributed by atoms with van der Waals surface area (Å²) in [5.74, 6) is -0.349. The summed E-state index contributed by atoms with van der Waals surface area (Å²) in [5, 5.41) is 0. The van der Waals surface area contributed by atoms with Crippen molar-refractivity contribution in [2.45, 2.75) is 38.6 Å². The quantitative estimate of drug-likeness (QED) is 0.745. The second kappa shape index (κ2) is 5.30. The van der Waals surface area contributed by atoms with Gasteiger partial charge in [-0.1, -0.05) is 12.8 Å². The van der Waals surface area contributed by atoms with Crippen molar-refractivity contribution in [1.29, 1.82) is 0 Å². The predicted octanol–water partition coefficient (Wildman–Crippen LogP) is 3.41. The van der Waals surface area contributed by atoms with Crippen LogP contribution in [0, 0.1) is 5.82 Å². The summed E-state index contributed by atoms with van der Waals surface area (Å²) in [4.78, 5) is 13.3. The number of nitrogens with zero attached hydrogens (tertiary/aromatic N) is 1. The monoisotopic (exact) mass is 235 g/mol. The summed E-state index contributed by atoms with van der Waals surface area (Å²) in [6.07, 6.45) is 5.58. The zero-order valence-electron chi connectivity index (χ0n) is 10.2. The van der Waals surface area contributed by atoms with E-state index in [4.69, 9.17) is 0 Å². The van der Waals surface area contributed by atoms with Crippen molar-refractivity contribution < 1.29 is 9.18 Å². The van der Waals surface area contributed by atoms with E-state index in [1.54, 1.807) is 6.07 Å². The maximum Gasteiger partial charge on any atom is 0.152 e. The molecule has 0 aliphatic heterocycles. The molecule has 1 saturated carbocycles. The summed E-state index contributed by atoms with van der Waals surface area (Å²) in [6.45, 7) is 2.94. The minimum Gasteiger partial charge on any atom is -0.368 e. The summed E-state index contributed by atoms with van der Waals surface area (Å²) in [5.41, 5.74) is 1.33. The zero-order chi connectivity index (χ0) is 12.3. The first-order valence-electron chi connectivity index (χ1n) is 6.27. The molecule has 1 aromatic rings. The molecule has 0 aromatic heterocycles. The number of anilines is 1. The maximum atomic E-state index is 13.1. The van der Waals surface area contributed by atoms with Crippen LogP contribution in [0.3, 0.4) is 0 Å². The van der Waals surface area contributed by atoms with Crippen LogP contribution in [0.2, 0.25) is 0 Å². The minimum atomic E-state index is -0.349.